The minimum atomic E-state index is -0.706. The molecule has 0 bridgehead atoms. The largest absolute Gasteiger partial charge is 0.450 e. The second-order valence-electron chi connectivity index (χ2n) is 5.51. The molecule has 0 radical (unpaired) electrons. The summed E-state index contributed by atoms with van der Waals surface area (Å²) in [5, 5.41) is 9.58. The molecule has 0 saturated carbocycles. The van der Waals surface area contributed by atoms with Gasteiger partial charge in [0.15, 0.2) is 6.61 Å². The summed E-state index contributed by atoms with van der Waals surface area (Å²) in [5.41, 5.74) is 1.22. The Balaban J connectivity index is 1.67. The van der Waals surface area contributed by atoms with Crippen molar-refractivity contribution >= 4 is 28.5 Å². The Labute approximate surface area is 150 Å². The van der Waals surface area contributed by atoms with Crippen LogP contribution in [0.3, 0.4) is 0 Å². The van der Waals surface area contributed by atoms with Gasteiger partial charge in [-0.15, -0.1) is 0 Å². The van der Waals surface area contributed by atoms with Crippen molar-refractivity contribution in [2.75, 3.05) is 18.1 Å². The van der Waals surface area contributed by atoms with E-state index in [9.17, 15) is 9.59 Å². The van der Waals surface area contributed by atoms with E-state index in [-0.39, 0.29) is 18.7 Å². The number of carbonyl (C=O) groups is 2. The van der Waals surface area contributed by atoms with Gasteiger partial charge in [0.25, 0.3) is 5.91 Å². The number of esters is 1. The monoisotopic (exact) mass is 348 g/mol. The van der Waals surface area contributed by atoms with Crippen LogP contribution in [0.1, 0.15) is 17.0 Å². The Morgan fingerprint density at radius 2 is 1.81 bits per heavy atom. The SMILES string of the molecule is N#CCCN(C(=O)COC(=O)c1cc2ccccc2o1)c1ccccc1. The first-order valence-electron chi connectivity index (χ1n) is 8.07. The maximum Gasteiger partial charge on any atom is 0.374 e. The van der Waals surface area contributed by atoms with E-state index in [1.807, 2.05) is 24.3 Å². The minimum Gasteiger partial charge on any atom is -0.450 e. The van der Waals surface area contributed by atoms with Crippen LogP contribution in [-0.4, -0.2) is 25.0 Å². The number of rotatable bonds is 6. The summed E-state index contributed by atoms with van der Waals surface area (Å²) in [7, 11) is 0. The van der Waals surface area contributed by atoms with E-state index in [1.165, 1.54) is 4.90 Å². The van der Waals surface area contributed by atoms with Crippen molar-refractivity contribution in [1.29, 1.82) is 5.26 Å². The van der Waals surface area contributed by atoms with E-state index < -0.39 is 18.5 Å². The molecule has 3 rings (SSSR count). The molecular formula is C20H16N2O4. The first kappa shape index (κ1) is 17.2. The lowest BCUT2D eigenvalue weighted by atomic mass is 10.2. The summed E-state index contributed by atoms with van der Waals surface area (Å²) in [6.07, 6.45) is 0.179. The highest BCUT2D eigenvalue weighted by atomic mass is 16.5. The molecule has 0 spiro atoms. The molecule has 1 heterocycles. The summed E-state index contributed by atoms with van der Waals surface area (Å²) >= 11 is 0. The number of nitrogens with zero attached hydrogens (tertiary/aromatic N) is 2. The van der Waals surface area contributed by atoms with Crippen LogP contribution in [0.4, 0.5) is 5.69 Å². The molecule has 1 aromatic heterocycles. The molecule has 6 heteroatoms. The number of fused-ring (bicyclic) bond motifs is 1. The Kier molecular flexibility index (Phi) is 5.30. The normalized spacial score (nSPS) is 10.3. The van der Waals surface area contributed by atoms with Gasteiger partial charge in [-0.25, -0.2) is 4.79 Å². The zero-order valence-corrected chi connectivity index (χ0v) is 13.9. The zero-order chi connectivity index (χ0) is 18.4. The number of para-hydroxylation sites is 2. The van der Waals surface area contributed by atoms with Crippen molar-refractivity contribution in [1.82, 2.24) is 0 Å². The van der Waals surface area contributed by atoms with Crippen molar-refractivity contribution in [2.24, 2.45) is 0 Å². The Morgan fingerprint density at radius 3 is 2.54 bits per heavy atom. The first-order valence-corrected chi connectivity index (χ1v) is 8.07. The molecular weight excluding hydrogens is 332 g/mol. The fraction of sp³-hybridized carbons (Fsp3) is 0.150. The van der Waals surface area contributed by atoms with E-state index in [0.717, 1.165) is 5.39 Å². The second kappa shape index (κ2) is 7.99. The van der Waals surface area contributed by atoms with E-state index in [1.54, 1.807) is 42.5 Å². The van der Waals surface area contributed by atoms with Gasteiger partial charge in [0.05, 0.1) is 12.5 Å². The lowest BCUT2D eigenvalue weighted by Gasteiger charge is -2.21. The Morgan fingerprint density at radius 1 is 1.08 bits per heavy atom. The van der Waals surface area contributed by atoms with Crippen molar-refractivity contribution in [2.45, 2.75) is 6.42 Å². The predicted molar refractivity (Wildman–Crippen MR) is 95.5 cm³/mol. The van der Waals surface area contributed by atoms with Gasteiger partial charge in [-0.1, -0.05) is 36.4 Å². The summed E-state index contributed by atoms with van der Waals surface area (Å²) in [6, 6.07) is 19.7. The van der Waals surface area contributed by atoms with Crippen molar-refractivity contribution in [3.63, 3.8) is 0 Å². The summed E-state index contributed by atoms with van der Waals surface area (Å²) in [6.45, 7) is -0.211. The maximum atomic E-state index is 12.5. The molecule has 6 nitrogen and oxygen atoms in total. The number of carbonyl (C=O) groups excluding carboxylic acids is 2. The number of amides is 1. The molecule has 0 aliphatic heterocycles. The topological polar surface area (TPSA) is 83.5 Å². The maximum absolute atomic E-state index is 12.5. The molecule has 0 atom stereocenters. The molecule has 0 fully saturated rings. The number of ether oxygens (including phenoxy) is 1. The average molecular weight is 348 g/mol. The summed E-state index contributed by atoms with van der Waals surface area (Å²) in [4.78, 5) is 26.0. The highest BCUT2D eigenvalue weighted by Gasteiger charge is 2.19. The van der Waals surface area contributed by atoms with Crippen molar-refractivity contribution in [3.8, 4) is 6.07 Å². The smallest absolute Gasteiger partial charge is 0.374 e. The third-order valence-electron chi connectivity index (χ3n) is 3.77. The Hall–Kier alpha value is -3.59. The highest BCUT2D eigenvalue weighted by molar-refractivity contribution is 5.97. The molecule has 0 saturated heterocycles. The lowest BCUT2D eigenvalue weighted by molar-refractivity contribution is -0.121. The fourth-order valence-electron chi connectivity index (χ4n) is 2.53. The molecule has 2 aromatic carbocycles. The van der Waals surface area contributed by atoms with E-state index in [2.05, 4.69) is 0 Å². The van der Waals surface area contributed by atoms with Gasteiger partial charge < -0.3 is 14.1 Å². The molecule has 130 valence electrons. The number of anilines is 1. The van der Waals surface area contributed by atoms with Crippen LogP contribution >= 0.6 is 0 Å². The quantitative estimate of drug-likeness (QED) is 0.636. The molecule has 0 aliphatic carbocycles. The van der Waals surface area contributed by atoms with Crippen LogP contribution in [0.2, 0.25) is 0 Å². The number of furan rings is 1. The van der Waals surface area contributed by atoms with Gasteiger partial charge in [-0.05, 0) is 24.3 Å². The van der Waals surface area contributed by atoms with Gasteiger partial charge in [-0.2, -0.15) is 5.26 Å². The van der Waals surface area contributed by atoms with Crippen LogP contribution in [-0.2, 0) is 9.53 Å². The van der Waals surface area contributed by atoms with Gasteiger partial charge in [-0.3, -0.25) is 4.79 Å². The second-order valence-corrected chi connectivity index (χ2v) is 5.51. The summed E-state index contributed by atoms with van der Waals surface area (Å²) in [5.74, 6) is -1.07. The third kappa shape index (κ3) is 3.90. The predicted octanol–water partition coefficient (Wildman–Crippen LogP) is 3.54. The zero-order valence-electron chi connectivity index (χ0n) is 13.9. The molecule has 3 aromatic rings. The van der Waals surface area contributed by atoms with E-state index >= 15 is 0 Å². The van der Waals surface area contributed by atoms with Crippen molar-refractivity contribution < 1.29 is 18.7 Å². The third-order valence-corrected chi connectivity index (χ3v) is 3.77. The molecule has 0 aliphatic rings. The van der Waals surface area contributed by atoms with Gasteiger partial charge in [0, 0.05) is 17.6 Å². The standard InChI is InChI=1S/C20H16N2O4/c21-11-6-12-22(16-8-2-1-3-9-16)19(23)14-25-20(24)18-13-15-7-4-5-10-17(15)26-18/h1-5,7-10,13H,6,12,14H2. The molecule has 26 heavy (non-hydrogen) atoms. The summed E-state index contributed by atoms with van der Waals surface area (Å²) < 4.78 is 10.5. The van der Waals surface area contributed by atoms with Crippen molar-refractivity contribution in [3.05, 3.63) is 66.4 Å². The highest BCUT2D eigenvalue weighted by Crippen LogP contribution is 2.19. The minimum absolute atomic E-state index is 0.0438. The number of hydrogen-bond acceptors (Lipinski definition) is 5. The fourth-order valence-corrected chi connectivity index (χ4v) is 2.53. The molecule has 1 amide bonds. The van der Waals surface area contributed by atoms with Crippen LogP contribution in [0.15, 0.2) is 65.1 Å². The van der Waals surface area contributed by atoms with Crippen LogP contribution in [0.5, 0.6) is 0 Å². The molecule has 0 unspecified atom stereocenters. The number of nitriles is 1. The van der Waals surface area contributed by atoms with E-state index in [0.29, 0.717) is 11.3 Å². The van der Waals surface area contributed by atoms with Gasteiger partial charge in [0.2, 0.25) is 5.76 Å². The average Bonchev–Trinajstić information content (AvgIpc) is 3.11. The first-order chi connectivity index (χ1) is 12.7. The van der Waals surface area contributed by atoms with Crippen LogP contribution < -0.4 is 4.90 Å². The molecule has 0 N–H and O–H groups in total. The lowest BCUT2D eigenvalue weighted by Crippen LogP contribution is -2.35. The van der Waals surface area contributed by atoms with Crippen LogP contribution in [0, 0.1) is 11.3 Å². The van der Waals surface area contributed by atoms with Gasteiger partial charge >= 0.3 is 5.97 Å². The Bertz CT molecular complexity index is 924. The number of benzene rings is 2. The number of hydrogen-bond donors (Lipinski definition) is 0. The van der Waals surface area contributed by atoms with E-state index in [4.69, 9.17) is 14.4 Å². The van der Waals surface area contributed by atoms with Gasteiger partial charge in [0.1, 0.15) is 5.58 Å². The van der Waals surface area contributed by atoms with Crippen LogP contribution in [0.25, 0.3) is 11.0 Å².